The molecule has 0 aromatic heterocycles. The zero-order valence-electron chi connectivity index (χ0n) is 19.5. The van der Waals surface area contributed by atoms with Crippen LogP contribution in [0, 0.1) is 5.82 Å². The van der Waals surface area contributed by atoms with Crippen molar-refractivity contribution in [3.63, 3.8) is 0 Å². The number of anilines is 1. The van der Waals surface area contributed by atoms with Gasteiger partial charge in [-0.3, -0.25) is 4.79 Å². The van der Waals surface area contributed by atoms with Crippen LogP contribution in [0.4, 0.5) is 10.1 Å². The molecule has 0 saturated heterocycles. The highest BCUT2D eigenvalue weighted by molar-refractivity contribution is 7.87. The lowest BCUT2D eigenvalue weighted by Gasteiger charge is -2.30. The Labute approximate surface area is 191 Å². The SMILES string of the molecule is CC[C@@H](C)N(Cc1ccc(N(CC)CC)cc1OS(=O)(=O)CC)C(=O)c1cccc(F)c1. The van der Waals surface area contributed by atoms with Gasteiger partial charge in [0.2, 0.25) is 0 Å². The van der Waals surface area contributed by atoms with E-state index in [2.05, 4.69) is 4.90 Å². The van der Waals surface area contributed by atoms with Gasteiger partial charge in [0.15, 0.2) is 0 Å². The van der Waals surface area contributed by atoms with Gasteiger partial charge in [-0.15, -0.1) is 0 Å². The molecule has 1 atom stereocenters. The zero-order valence-corrected chi connectivity index (χ0v) is 20.3. The molecule has 0 aliphatic carbocycles. The summed E-state index contributed by atoms with van der Waals surface area (Å²) in [7, 11) is -3.76. The van der Waals surface area contributed by atoms with Crippen molar-refractivity contribution >= 4 is 21.7 Å². The molecule has 0 unspecified atom stereocenters. The van der Waals surface area contributed by atoms with Crippen LogP contribution in [0.3, 0.4) is 0 Å². The van der Waals surface area contributed by atoms with Crippen LogP contribution in [0.25, 0.3) is 0 Å². The van der Waals surface area contributed by atoms with E-state index in [1.54, 1.807) is 23.1 Å². The van der Waals surface area contributed by atoms with Gasteiger partial charge in [-0.25, -0.2) is 4.39 Å². The number of hydrogen-bond acceptors (Lipinski definition) is 5. The maximum absolute atomic E-state index is 13.7. The summed E-state index contributed by atoms with van der Waals surface area (Å²) in [4.78, 5) is 16.9. The number of nitrogens with zero attached hydrogens (tertiary/aromatic N) is 2. The van der Waals surface area contributed by atoms with Gasteiger partial charge in [-0.05, 0) is 58.4 Å². The Morgan fingerprint density at radius 2 is 1.75 bits per heavy atom. The Hall–Kier alpha value is -2.61. The molecule has 0 heterocycles. The number of carbonyl (C=O) groups is 1. The fourth-order valence-electron chi connectivity index (χ4n) is 3.35. The van der Waals surface area contributed by atoms with Gasteiger partial charge in [0.25, 0.3) is 5.91 Å². The predicted molar refractivity (Wildman–Crippen MR) is 126 cm³/mol. The van der Waals surface area contributed by atoms with Crippen LogP contribution in [0.5, 0.6) is 5.75 Å². The van der Waals surface area contributed by atoms with Gasteiger partial charge in [0.05, 0.1) is 5.75 Å². The van der Waals surface area contributed by atoms with Gasteiger partial charge in [0, 0.05) is 48.6 Å². The van der Waals surface area contributed by atoms with Crippen LogP contribution < -0.4 is 9.08 Å². The molecule has 1 amide bonds. The third-order valence-electron chi connectivity index (χ3n) is 5.55. The number of halogens is 1. The van der Waals surface area contributed by atoms with Crippen LogP contribution in [-0.4, -0.2) is 44.1 Å². The summed E-state index contributed by atoms with van der Waals surface area (Å²) in [5.74, 6) is -0.770. The first-order valence-corrected chi connectivity index (χ1v) is 12.6. The molecule has 0 fully saturated rings. The quantitative estimate of drug-likeness (QED) is 0.445. The standard InChI is InChI=1S/C24H33FN2O4S/c1-6-18(5)27(24(28)19-11-10-12-21(25)15-19)17-20-13-14-22(26(7-2)8-3)16-23(20)31-32(29,30)9-4/h10-16,18H,6-9,17H2,1-5H3/t18-/m1/s1. The predicted octanol–water partition coefficient (Wildman–Crippen LogP) is 4.84. The molecule has 0 bridgehead atoms. The largest absolute Gasteiger partial charge is 0.382 e. The molecule has 0 saturated carbocycles. The lowest BCUT2D eigenvalue weighted by atomic mass is 10.1. The van der Waals surface area contributed by atoms with Gasteiger partial charge < -0.3 is 14.0 Å². The molecule has 176 valence electrons. The van der Waals surface area contributed by atoms with Crippen LogP contribution >= 0.6 is 0 Å². The summed E-state index contributed by atoms with van der Waals surface area (Å²) >= 11 is 0. The molecule has 0 spiro atoms. The van der Waals surface area contributed by atoms with E-state index >= 15 is 0 Å². The molecule has 8 heteroatoms. The Kier molecular flexibility index (Phi) is 9.07. The number of benzene rings is 2. The Morgan fingerprint density at radius 1 is 1.06 bits per heavy atom. The highest BCUT2D eigenvalue weighted by Crippen LogP contribution is 2.29. The van der Waals surface area contributed by atoms with Gasteiger partial charge in [-0.2, -0.15) is 8.42 Å². The summed E-state index contributed by atoms with van der Waals surface area (Å²) < 4.78 is 43.6. The van der Waals surface area contributed by atoms with E-state index in [1.807, 2.05) is 33.8 Å². The summed E-state index contributed by atoms with van der Waals surface area (Å²) in [5, 5.41) is 0. The molecule has 6 nitrogen and oxygen atoms in total. The van der Waals surface area contributed by atoms with Gasteiger partial charge in [0.1, 0.15) is 11.6 Å². The van der Waals surface area contributed by atoms with E-state index in [-0.39, 0.29) is 35.6 Å². The Bertz CT molecular complexity index is 1020. The average molecular weight is 465 g/mol. The van der Waals surface area contributed by atoms with Crippen molar-refractivity contribution < 1.29 is 21.8 Å². The van der Waals surface area contributed by atoms with Crippen LogP contribution in [0.15, 0.2) is 42.5 Å². The fourth-order valence-corrected chi connectivity index (χ4v) is 3.90. The van der Waals surface area contributed by atoms with Crippen molar-refractivity contribution in [1.29, 1.82) is 0 Å². The Balaban J connectivity index is 2.50. The number of hydrogen-bond donors (Lipinski definition) is 0. The molecule has 2 aromatic rings. The van der Waals surface area contributed by atoms with E-state index in [0.29, 0.717) is 12.0 Å². The van der Waals surface area contributed by atoms with Crippen LogP contribution in [0.2, 0.25) is 0 Å². The summed E-state index contributed by atoms with van der Waals surface area (Å²) in [6, 6.07) is 10.8. The highest BCUT2D eigenvalue weighted by atomic mass is 32.2. The molecule has 32 heavy (non-hydrogen) atoms. The molecular weight excluding hydrogens is 431 g/mol. The second kappa shape index (κ2) is 11.3. The summed E-state index contributed by atoms with van der Waals surface area (Å²) in [6.45, 7) is 11.1. The lowest BCUT2D eigenvalue weighted by Crippen LogP contribution is -2.38. The number of rotatable bonds is 11. The smallest absolute Gasteiger partial charge is 0.308 e. The normalized spacial score (nSPS) is 12.3. The zero-order chi connectivity index (χ0) is 23.9. The van der Waals surface area contributed by atoms with Crippen molar-refractivity contribution in [3.05, 3.63) is 59.4 Å². The maximum Gasteiger partial charge on any atom is 0.308 e. The minimum absolute atomic E-state index is 0.136. The first-order chi connectivity index (χ1) is 15.1. The van der Waals surface area contributed by atoms with Crippen LogP contribution in [-0.2, 0) is 16.7 Å². The van der Waals surface area contributed by atoms with Crippen molar-refractivity contribution in [2.45, 2.75) is 53.6 Å². The first kappa shape index (κ1) is 25.6. The lowest BCUT2D eigenvalue weighted by molar-refractivity contribution is 0.0670. The molecule has 0 N–H and O–H groups in total. The second-order valence-electron chi connectivity index (χ2n) is 7.59. The summed E-state index contributed by atoms with van der Waals surface area (Å²) in [6.07, 6.45) is 0.683. The van der Waals surface area contributed by atoms with E-state index in [4.69, 9.17) is 4.18 Å². The minimum atomic E-state index is -3.76. The monoisotopic (exact) mass is 464 g/mol. The number of carbonyl (C=O) groups excluding carboxylic acids is 1. The van der Waals surface area contributed by atoms with Crippen molar-refractivity contribution in [2.75, 3.05) is 23.7 Å². The molecule has 2 aromatic carbocycles. The minimum Gasteiger partial charge on any atom is -0.382 e. The molecule has 0 aliphatic heterocycles. The van der Waals surface area contributed by atoms with Crippen molar-refractivity contribution in [3.8, 4) is 5.75 Å². The van der Waals surface area contributed by atoms with Crippen molar-refractivity contribution in [2.24, 2.45) is 0 Å². The average Bonchev–Trinajstić information content (AvgIpc) is 2.78. The van der Waals surface area contributed by atoms with E-state index in [9.17, 15) is 17.6 Å². The second-order valence-corrected chi connectivity index (χ2v) is 9.45. The topological polar surface area (TPSA) is 66.9 Å². The molecule has 0 aliphatic rings. The Morgan fingerprint density at radius 3 is 2.31 bits per heavy atom. The van der Waals surface area contributed by atoms with Crippen molar-refractivity contribution in [1.82, 2.24) is 4.90 Å². The van der Waals surface area contributed by atoms with E-state index in [1.165, 1.54) is 25.1 Å². The maximum atomic E-state index is 13.7. The van der Waals surface area contributed by atoms with E-state index < -0.39 is 15.9 Å². The van der Waals surface area contributed by atoms with Crippen LogP contribution in [0.1, 0.15) is 57.0 Å². The first-order valence-electron chi connectivity index (χ1n) is 11.0. The highest BCUT2D eigenvalue weighted by Gasteiger charge is 2.24. The fraction of sp³-hybridized carbons (Fsp3) is 0.458. The van der Waals surface area contributed by atoms with Gasteiger partial charge >= 0.3 is 10.1 Å². The number of amides is 1. The van der Waals surface area contributed by atoms with Gasteiger partial charge in [-0.1, -0.05) is 19.1 Å². The molecule has 2 rings (SSSR count). The molecular formula is C24H33FN2O4S. The third kappa shape index (κ3) is 6.45. The van der Waals surface area contributed by atoms with E-state index in [0.717, 1.165) is 18.8 Å². The summed E-state index contributed by atoms with van der Waals surface area (Å²) in [5.41, 5.74) is 1.66. The molecule has 0 radical (unpaired) electrons. The third-order valence-corrected chi connectivity index (χ3v) is 6.69.